The summed E-state index contributed by atoms with van der Waals surface area (Å²) in [5.41, 5.74) is 1.18. The molecule has 0 bridgehead atoms. The Labute approximate surface area is 96.8 Å². The first kappa shape index (κ1) is 12.2. The van der Waals surface area contributed by atoms with Crippen molar-refractivity contribution >= 4 is 5.78 Å². The molecule has 0 aliphatic rings. The van der Waals surface area contributed by atoms with E-state index in [1.807, 2.05) is 36.4 Å². The van der Waals surface area contributed by atoms with Crippen LogP contribution in [0.25, 0.3) is 0 Å². The summed E-state index contributed by atoms with van der Waals surface area (Å²) in [6.45, 7) is 5.82. The summed E-state index contributed by atoms with van der Waals surface area (Å²) in [6.07, 6.45) is 8.51. The molecule has 1 nitrogen and oxygen atoms in total. The van der Waals surface area contributed by atoms with Gasteiger partial charge in [-0.25, -0.2) is 0 Å². The number of hydrogen-bond acceptors (Lipinski definition) is 1. The maximum absolute atomic E-state index is 11.8. The zero-order valence-corrected chi connectivity index (χ0v) is 9.52. The summed E-state index contributed by atoms with van der Waals surface area (Å²) in [5.74, 6) is -0.0262. The summed E-state index contributed by atoms with van der Waals surface area (Å²) in [5, 5.41) is 0. The van der Waals surface area contributed by atoms with Gasteiger partial charge in [-0.2, -0.15) is 0 Å². The lowest BCUT2D eigenvalue weighted by molar-refractivity contribution is 0.103. The molecule has 0 saturated heterocycles. The Morgan fingerprint density at radius 1 is 1.25 bits per heavy atom. The Bertz CT molecular complexity index is 410. The van der Waals surface area contributed by atoms with E-state index < -0.39 is 0 Å². The number of carbonyl (C=O) groups is 1. The maximum atomic E-state index is 11.8. The fourth-order valence-electron chi connectivity index (χ4n) is 1.24. The van der Waals surface area contributed by atoms with Crippen molar-refractivity contribution in [3.63, 3.8) is 0 Å². The molecule has 0 radical (unpaired) electrons. The van der Waals surface area contributed by atoms with E-state index in [2.05, 4.69) is 13.5 Å². The number of Topliss-reactive ketones (excluding diaryl/α,β-unsaturated/α-hetero) is 1. The van der Waals surface area contributed by atoms with Gasteiger partial charge in [-0.05, 0) is 6.42 Å². The van der Waals surface area contributed by atoms with Crippen LogP contribution in [-0.2, 0) is 0 Å². The lowest BCUT2D eigenvalue weighted by Crippen LogP contribution is -1.99. The summed E-state index contributed by atoms with van der Waals surface area (Å²) in [6, 6.07) is 9.17. The van der Waals surface area contributed by atoms with Crippen molar-refractivity contribution in [2.45, 2.75) is 13.3 Å². The van der Waals surface area contributed by atoms with Crippen molar-refractivity contribution in [2.24, 2.45) is 0 Å². The average molecular weight is 212 g/mol. The molecule has 0 unspecified atom stereocenters. The van der Waals surface area contributed by atoms with Crippen LogP contribution in [0.2, 0.25) is 0 Å². The number of allylic oxidation sites excluding steroid dienone is 5. The number of rotatable bonds is 5. The quantitative estimate of drug-likeness (QED) is 0.410. The Morgan fingerprint density at radius 3 is 2.56 bits per heavy atom. The number of benzene rings is 1. The second-order valence-corrected chi connectivity index (χ2v) is 3.42. The van der Waals surface area contributed by atoms with Crippen LogP contribution in [0.1, 0.15) is 23.7 Å². The van der Waals surface area contributed by atoms with Crippen molar-refractivity contribution < 1.29 is 4.79 Å². The van der Waals surface area contributed by atoms with E-state index in [-0.39, 0.29) is 5.78 Å². The first-order chi connectivity index (χ1) is 7.75. The standard InChI is InChI=1S/C15H16O/c1-3-4-5-7-10-13(2)15(16)14-11-8-6-9-12-14/h4-12H,2-3H2,1H3. The second-order valence-electron chi connectivity index (χ2n) is 3.42. The van der Waals surface area contributed by atoms with Crippen LogP contribution >= 0.6 is 0 Å². The highest BCUT2D eigenvalue weighted by Crippen LogP contribution is 2.07. The van der Waals surface area contributed by atoms with Crippen molar-refractivity contribution in [1.82, 2.24) is 0 Å². The van der Waals surface area contributed by atoms with E-state index >= 15 is 0 Å². The lowest BCUT2D eigenvalue weighted by Gasteiger charge is -1.98. The Kier molecular flexibility index (Phi) is 5.00. The highest BCUT2D eigenvalue weighted by molar-refractivity contribution is 6.10. The molecule has 1 aromatic rings. The number of carbonyl (C=O) groups excluding carboxylic acids is 1. The Hall–Kier alpha value is -1.89. The fraction of sp³-hybridized carbons (Fsp3) is 0.133. The van der Waals surface area contributed by atoms with E-state index in [9.17, 15) is 4.79 Å². The highest BCUT2D eigenvalue weighted by Gasteiger charge is 2.05. The van der Waals surface area contributed by atoms with Gasteiger partial charge in [-0.3, -0.25) is 4.79 Å². The molecule has 82 valence electrons. The topological polar surface area (TPSA) is 17.1 Å². The van der Waals surface area contributed by atoms with Crippen molar-refractivity contribution in [3.05, 3.63) is 72.4 Å². The van der Waals surface area contributed by atoms with Crippen LogP contribution in [0, 0.1) is 0 Å². The van der Waals surface area contributed by atoms with Crippen molar-refractivity contribution in [1.29, 1.82) is 0 Å². The van der Waals surface area contributed by atoms with Gasteiger partial charge in [0.25, 0.3) is 0 Å². The molecule has 1 aromatic carbocycles. The minimum Gasteiger partial charge on any atom is -0.289 e. The second kappa shape index (κ2) is 6.57. The lowest BCUT2D eigenvalue weighted by atomic mass is 10.0. The molecule has 0 amide bonds. The molecule has 0 N–H and O–H groups in total. The van der Waals surface area contributed by atoms with Gasteiger partial charge < -0.3 is 0 Å². The van der Waals surface area contributed by atoms with Gasteiger partial charge in [0, 0.05) is 11.1 Å². The number of ketones is 1. The van der Waals surface area contributed by atoms with E-state index in [1.54, 1.807) is 18.2 Å². The summed E-state index contributed by atoms with van der Waals surface area (Å²) >= 11 is 0. The molecule has 1 heteroatoms. The smallest absolute Gasteiger partial charge is 0.192 e. The fourth-order valence-corrected chi connectivity index (χ4v) is 1.24. The third-order valence-electron chi connectivity index (χ3n) is 2.11. The predicted molar refractivity (Wildman–Crippen MR) is 68.5 cm³/mol. The van der Waals surface area contributed by atoms with Gasteiger partial charge in [-0.1, -0.05) is 68.1 Å². The van der Waals surface area contributed by atoms with E-state index in [1.165, 1.54) is 0 Å². The maximum Gasteiger partial charge on any atom is 0.192 e. The molecule has 0 fully saturated rings. The van der Waals surface area contributed by atoms with Gasteiger partial charge >= 0.3 is 0 Å². The van der Waals surface area contributed by atoms with Crippen LogP contribution < -0.4 is 0 Å². The molecule has 0 atom stereocenters. The molecular weight excluding hydrogens is 196 g/mol. The zero-order chi connectivity index (χ0) is 11.8. The van der Waals surface area contributed by atoms with Crippen molar-refractivity contribution in [2.75, 3.05) is 0 Å². The monoisotopic (exact) mass is 212 g/mol. The Balaban J connectivity index is 2.66. The third-order valence-corrected chi connectivity index (χ3v) is 2.11. The van der Waals surface area contributed by atoms with Crippen LogP contribution in [0.4, 0.5) is 0 Å². The first-order valence-corrected chi connectivity index (χ1v) is 5.37. The minimum atomic E-state index is -0.0262. The summed E-state index contributed by atoms with van der Waals surface area (Å²) in [4.78, 5) is 11.8. The molecule has 0 saturated carbocycles. The van der Waals surface area contributed by atoms with Gasteiger partial charge in [0.1, 0.15) is 0 Å². The molecule has 1 rings (SSSR count). The van der Waals surface area contributed by atoms with Crippen molar-refractivity contribution in [3.8, 4) is 0 Å². The molecule has 0 aliphatic carbocycles. The van der Waals surface area contributed by atoms with E-state index in [0.29, 0.717) is 11.1 Å². The SMILES string of the molecule is C=C(C=CC=CCC)C(=O)c1ccccc1. The zero-order valence-electron chi connectivity index (χ0n) is 9.52. The highest BCUT2D eigenvalue weighted by atomic mass is 16.1. The molecular formula is C15H16O. The van der Waals surface area contributed by atoms with Crippen LogP contribution in [0.15, 0.2) is 66.8 Å². The van der Waals surface area contributed by atoms with Crippen LogP contribution in [-0.4, -0.2) is 5.78 Å². The largest absolute Gasteiger partial charge is 0.289 e. The molecule has 0 aliphatic heterocycles. The van der Waals surface area contributed by atoms with E-state index in [4.69, 9.17) is 0 Å². The first-order valence-electron chi connectivity index (χ1n) is 5.37. The summed E-state index contributed by atoms with van der Waals surface area (Å²) < 4.78 is 0. The molecule has 0 spiro atoms. The van der Waals surface area contributed by atoms with Crippen LogP contribution in [0.3, 0.4) is 0 Å². The molecule has 0 aromatic heterocycles. The summed E-state index contributed by atoms with van der Waals surface area (Å²) in [7, 11) is 0. The normalized spacial score (nSPS) is 11.1. The van der Waals surface area contributed by atoms with Gasteiger partial charge in [-0.15, -0.1) is 0 Å². The minimum absolute atomic E-state index is 0.0262. The van der Waals surface area contributed by atoms with Gasteiger partial charge in [0.05, 0.1) is 0 Å². The third kappa shape index (κ3) is 3.70. The predicted octanol–water partition coefficient (Wildman–Crippen LogP) is 3.95. The molecule has 0 heterocycles. The van der Waals surface area contributed by atoms with Gasteiger partial charge in [0.2, 0.25) is 0 Å². The van der Waals surface area contributed by atoms with Gasteiger partial charge in [0.15, 0.2) is 5.78 Å². The molecule has 16 heavy (non-hydrogen) atoms. The van der Waals surface area contributed by atoms with Crippen LogP contribution in [0.5, 0.6) is 0 Å². The number of hydrogen-bond donors (Lipinski definition) is 0. The average Bonchev–Trinajstić information content (AvgIpc) is 2.34. The van der Waals surface area contributed by atoms with E-state index in [0.717, 1.165) is 6.42 Å². The Morgan fingerprint density at radius 2 is 1.94 bits per heavy atom.